The van der Waals surface area contributed by atoms with Crippen LogP contribution in [0.5, 0.6) is 0 Å². The summed E-state index contributed by atoms with van der Waals surface area (Å²) < 4.78 is 6.02. The standard InChI is InChI=1S/C24H36O4/c1-5-21(27)28-20-13-24(4)18(14(2)25)8-9-19(24)17-7-6-15-12-16(26)10-11-23(15,3)22(17)20/h5,15-20,22,26H,1,6-13H2,2-4H3/t15-,16+,17-,18+,19-,20-,22+,23-,24+/m0/s1. The van der Waals surface area contributed by atoms with Gasteiger partial charge in [0.1, 0.15) is 11.9 Å². The summed E-state index contributed by atoms with van der Waals surface area (Å²) in [6.07, 6.45) is 8.80. The molecule has 4 aliphatic rings. The maximum Gasteiger partial charge on any atom is 0.330 e. The molecule has 9 atom stereocenters. The lowest BCUT2D eigenvalue weighted by molar-refractivity contribution is -0.195. The summed E-state index contributed by atoms with van der Waals surface area (Å²) in [4.78, 5) is 24.7. The molecule has 4 fully saturated rings. The van der Waals surface area contributed by atoms with Crippen molar-refractivity contribution in [3.8, 4) is 0 Å². The number of hydrogen-bond donors (Lipinski definition) is 1. The predicted octanol–water partition coefficient (Wildman–Crippen LogP) is 4.30. The highest BCUT2D eigenvalue weighted by Crippen LogP contribution is 2.68. The number of aliphatic hydroxyl groups is 1. The Kier molecular flexibility index (Phi) is 5.01. The van der Waals surface area contributed by atoms with Crippen molar-refractivity contribution in [1.29, 1.82) is 0 Å². The molecule has 4 aliphatic carbocycles. The van der Waals surface area contributed by atoms with Crippen molar-refractivity contribution in [2.75, 3.05) is 0 Å². The zero-order valence-corrected chi connectivity index (χ0v) is 17.7. The molecule has 0 aromatic carbocycles. The summed E-state index contributed by atoms with van der Waals surface area (Å²) >= 11 is 0. The SMILES string of the molecule is C=CC(=O)O[C@H]1C[C@]2(C)[C@@H](C(C)=O)CC[C@H]2[C@@H]2CC[C@H]3C[C@H](O)CC[C@]3(C)[C@H]21. The quantitative estimate of drug-likeness (QED) is 0.578. The summed E-state index contributed by atoms with van der Waals surface area (Å²) in [5, 5.41) is 10.3. The molecule has 0 aliphatic heterocycles. The molecule has 0 saturated heterocycles. The largest absolute Gasteiger partial charge is 0.459 e. The van der Waals surface area contributed by atoms with Gasteiger partial charge in [-0.25, -0.2) is 4.79 Å². The van der Waals surface area contributed by atoms with Gasteiger partial charge in [-0.1, -0.05) is 20.4 Å². The number of ketones is 1. The summed E-state index contributed by atoms with van der Waals surface area (Å²) in [5.41, 5.74) is 0.0282. The lowest BCUT2D eigenvalue weighted by Crippen LogP contribution is -2.60. The van der Waals surface area contributed by atoms with Crippen LogP contribution < -0.4 is 0 Å². The second-order valence-electron chi connectivity index (χ2n) is 10.6. The van der Waals surface area contributed by atoms with Gasteiger partial charge in [0.25, 0.3) is 0 Å². The summed E-state index contributed by atoms with van der Waals surface area (Å²) in [5.74, 6) is 1.89. The molecule has 4 rings (SSSR count). The van der Waals surface area contributed by atoms with E-state index in [1.165, 1.54) is 6.08 Å². The number of fused-ring (bicyclic) bond motifs is 5. The fourth-order valence-electron chi connectivity index (χ4n) is 8.30. The van der Waals surface area contributed by atoms with Gasteiger partial charge in [0.2, 0.25) is 0 Å². The minimum atomic E-state index is -0.343. The first-order chi connectivity index (χ1) is 13.2. The van der Waals surface area contributed by atoms with E-state index < -0.39 is 0 Å². The molecule has 0 radical (unpaired) electrons. The lowest BCUT2D eigenvalue weighted by atomic mass is 9.43. The van der Waals surface area contributed by atoms with Crippen molar-refractivity contribution in [3.05, 3.63) is 12.7 Å². The minimum absolute atomic E-state index is 0.0729. The predicted molar refractivity (Wildman–Crippen MR) is 107 cm³/mol. The lowest BCUT2D eigenvalue weighted by Gasteiger charge is -2.62. The van der Waals surface area contributed by atoms with Gasteiger partial charge in [-0.2, -0.15) is 0 Å². The molecule has 1 N–H and O–H groups in total. The molecule has 28 heavy (non-hydrogen) atoms. The van der Waals surface area contributed by atoms with E-state index in [0.29, 0.717) is 23.7 Å². The monoisotopic (exact) mass is 388 g/mol. The van der Waals surface area contributed by atoms with E-state index in [2.05, 4.69) is 20.4 Å². The fraction of sp³-hybridized carbons (Fsp3) is 0.833. The second-order valence-corrected chi connectivity index (χ2v) is 10.6. The summed E-state index contributed by atoms with van der Waals surface area (Å²) in [6.45, 7) is 10.00. The highest BCUT2D eigenvalue weighted by molar-refractivity contribution is 5.81. The van der Waals surface area contributed by atoms with Crippen molar-refractivity contribution in [1.82, 2.24) is 0 Å². The third-order valence-electron chi connectivity index (χ3n) is 9.47. The van der Waals surface area contributed by atoms with E-state index in [1.807, 2.05) is 0 Å². The third kappa shape index (κ3) is 2.89. The van der Waals surface area contributed by atoms with Crippen molar-refractivity contribution in [2.24, 2.45) is 40.4 Å². The number of ether oxygens (including phenoxy) is 1. The Labute approximate surface area is 169 Å². The molecule has 0 aromatic rings. The van der Waals surface area contributed by atoms with Gasteiger partial charge in [-0.05, 0) is 86.9 Å². The van der Waals surface area contributed by atoms with Crippen molar-refractivity contribution < 1.29 is 19.4 Å². The Balaban J connectivity index is 1.73. The van der Waals surface area contributed by atoms with E-state index in [1.54, 1.807) is 6.92 Å². The zero-order chi connectivity index (χ0) is 20.3. The van der Waals surface area contributed by atoms with E-state index in [4.69, 9.17) is 4.74 Å². The van der Waals surface area contributed by atoms with Crippen molar-refractivity contribution in [2.45, 2.75) is 84.3 Å². The van der Waals surface area contributed by atoms with E-state index >= 15 is 0 Å². The van der Waals surface area contributed by atoms with E-state index in [9.17, 15) is 14.7 Å². The molecule has 0 spiro atoms. The second kappa shape index (κ2) is 6.97. The maximum absolute atomic E-state index is 12.4. The molecule has 156 valence electrons. The Morgan fingerprint density at radius 2 is 1.86 bits per heavy atom. The molecule has 4 nitrogen and oxygen atoms in total. The number of carbonyl (C=O) groups is 2. The molecule has 0 bridgehead atoms. The molecule has 0 amide bonds. The van der Waals surface area contributed by atoms with E-state index in [-0.39, 0.29) is 40.7 Å². The molecular formula is C24H36O4. The smallest absolute Gasteiger partial charge is 0.330 e. The molecule has 0 heterocycles. The van der Waals surface area contributed by atoms with Crippen molar-refractivity contribution >= 4 is 11.8 Å². The number of esters is 1. The van der Waals surface area contributed by atoms with Crippen LogP contribution in [-0.4, -0.2) is 29.1 Å². The Bertz CT molecular complexity index is 672. The van der Waals surface area contributed by atoms with E-state index in [0.717, 1.165) is 51.4 Å². The van der Waals surface area contributed by atoms with Gasteiger partial charge in [0.15, 0.2) is 0 Å². The van der Waals surface area contributed by atoms with Crippen LogP contribution in [0.1, 0.15) is 72.1 Å². The Morgan fingerprint density at radius 3 is 2.54 bits per heavy atom. The molecular weight excluding hydrogens is 352 g/mol. The van der Waals surface area contributed by atoms with Crippen LogP contribution in [0.25, 0.3) is 0 Å². The summed E-state index contributed by atoms with van der Waals surface area (Å²) in [6, 6.07) is 0. The topological polar surface area (TPSA) is 63.6 Å². The van der Waals surface area contributed by atoms with Crippen LogP contribution >= 0.6 is 0 Å². The first-order valence-corrected chi connectivity index (χ1v) is 11.2. The van der Waals surface area contributed by atoms with Crippen LogP contribution in [0, 0.1) is 40.4 Å². The van der Waals surface area contributed by atoms with Crippen LogP contribution in [0.2, 0.25) is 0 Å². The average Bonchev–Trinajstić information content (AvgIpc) is 2.98. The van der Waals surface area contributed by atoms with Crippen LogP contribution in [0.4, 0.5) is 0 Å². The average molecular weight is 389 g/mol. The Morgan fingerprint density at radius 1 is 1.11 bits per heavy atom. The normalized spacial score (nSPS) is 50.1. The van der Waals surface area contributed by atoms with Crippen LogP contribution in [-0.2, 0) is 14.3 Å². The minimum Gasteiger partial charge on any atom is -0.459 e. The third-order valence-corrected chi connectivity index (χ3v) is 9.47. The van der Waals surface area contributed by atoms with Crippen molar-refractivity contribution in [3.63, 3.8) is 0 Å². The summed E-state index contributed by atoms with van der Waals surface area (Å²) in [7, 11) is 0. The van der Waals surface area contributed by atoms with Gasteiger partial charge in [-0.3, -0.25) is 4.79 Å². The fourth-order valence-corrected chi connectivity index (χ4v) is 8.30. The van der Waals surface area contributed by atoms with Gasteiger partial charge in [-0.15, -0.1) is 0 Å². The highest BCUT2D eigenvalue weighted by Gasteiger charge is 2.64. The van der Waals surface area contributed by atoms with Gasteiger partial charge in [0, 0.05) is 17.9 Å². The first-order valence-electron chi connectivity index (χ1n) is 11.2. The number of rotatable bonds is 3. The first kappa shape index (κ1) is 20.1. The molecule has 0 aromatic heterocycles. The number of carbonyl (C=O) groups excluding carboxylic acids is 2. The number of Topliss-reactive ketones (excluding diaryl/α,β-unsaturated/α-hetero) is 1. The molecule has 4 heteroatoms. The maximum atomic E-state index is 12.4. The van der Waals surface area contributed by atoms with Crippen LogP contribution in [0.15, 0.2) is 12.7 Å². The molecule has 0 unspecified atom stereocenters. The van der Waals surface area contributed by atoms with Gasteiger partial charge >= 0.3 is 5.97 Å². The molecule has 4 saturated carbocycles. The zero-order valence-electron chi connectivity index (χ0n) is 17.7. The Hall–Kier alpha value is -1.16. The van der Waals surface area contributed by atoms with Gasteiger partial charge < -0.3 is 9.84 Å². The number of aliphatic hydroxyl groups excluding tert-OH is 1. The van der Waals surface area contributed by atoms with Crippen LogP contribution in [0.3, 0.4) is 0 Å². The highest BCUT2D eigenvalue weighted by atomic mass is 16.5. The number of hydrogen-bond acceptors (Lipinski definition) is 4. The van der Waals surface area contributed by atoms with Gasteiger partial charge in [0.05, 0.1) is 6.10 Å².